The van der Waals surface area contributed by atoms with Crippen LogP contribution in [-0.2, 0) is 11.2 Å². The Bertz CT molecular complexity index is 1720. The van der Waals surface area contributed by atoms with Crippen LogP contribution in [0.25, 0.3) is 22.3 Å². The number of halogens is 4. The summed E-state index contributed by atoms with van der Waals surface area (Å²) < 4.78 is 69.9. The summed E-state index contributed by atoms with van der Waals surface area (Å²) in [5, 5.41) is 6.85. The van der Waals surface area contributed by atoms with E-state index in [2.05, 4.69) is 20.2 Å². The van der Waals surface area contributed by atoms with Crippen molar-refractivity contribution in [2.45, 2.75) is 25.2 Å². The predicted octanol–water partition coefficient (Wildman–Crippen LogP) is 6.35. The van der Waals surface area contributed by atoms with Gasteiger partial charge < -0.3 is 19.3 Å². The van der Waals surface area contributed by atoms with Crippen LogP contribution >= 0.6 is 0 Å². The summed E-state index contributed by atoms with van der Waals surface area (Å²) >= 11 is 0. The van der Waals surface area contributed by atoms with E-state index < -0.39 is 29.0 Å². The number of aryl methyl sites for hydroxylation is 1. The standard InChI is InChI=1S/C28H20F4N4O3/c29-20-7-6-15(39-26-21(30)18-8-10-33-24(18)22(31)23(26)32)13-19(20)28-34-27(35-36-28)17-9-12-38-25-14(4-2-11-37)3-1-5-16(17)25/h1,3,5-8,10-11,13,17,33H,2,4,9,12H2,(H,34,35,36). The Balaban J connectivity index is 1.32. The van der Waals surface area contributed by atoms with Crippen molar-refractivity contribution < 1.29 is 31.8 Å². The second-order valence-electron chi connectivity index (χ2n) is 9.06. The highest BCUT2D eigenvalue weighted by Gasteiger charge is 2.28. The van der Waals surface area contributed by atoms with Crippen LogP contribution in [0, 0.1) is 23.3 Å². The summed E-state index contributed by atoms with van der Waals surface area (Å²) in [5.41, 5.74) is 1.38. The summed E-state index contributed by atoms with van der Waals surface area (Å²) in [6.45, 7) is 0.419. The van der Waals surface area contributed by atoms with Crippen LogP contribution in [0.1, 0.15) is 35.7 Å². The van der Waals surface area contributed by atoms with E-state index in [1.54, 1.807) is 0 Å². The van der Waals surface area contributed by atoms with Gasteiger partial charge in [-0.1, -0.05) is 18.2 Å². The average molecular weight is 536 g/mol. The van der Waals surface area contributed by atoms with Gasteiger partial charge in [-0.05, 0) is 42.7 Å². The Kier molecular flexibility index (Phi) is 6.26. The molecule has 2 aromatic heterocycles. The molecule has 1 atom stereocenters. The van der Waals surface area contributed by atoms with E-state index in [1.807, 2.05) is 18.2 Å². The van der Waals surface area contributed by atoms with Gasteiger partial charge in [0.25, 0.3) is 0 Å². The van der Waals surface area contributed by atoms with Gasteiger partial charge in [-0.15, -0.1) is 0 Å². The quantitative estimate of drug-likeness (QED) is 0.144. The van der Waals surface area contributed by atoms with Crippen LogP contribution in [0.5, 0.6) is 17.2 Å². The molecule has 39 heavy (non-hydrogen) atoms. The van der Waals surface area contributed by atoms with E-state index in [0.717, 1.165) is 23.5 Å². The molecule has 3 heterocycles. The third-order valence-electron chi connectivity index (χ3n) is 6.71. The first-order chi connectivity index (χ1) is 19.0. The monoisotopic (exact) mass is 536 g/mol. The smallest absolute Gasteiger partial charge is 0.206 e. The number of aldehydes is 1. The number of nitrogens with zero attached hydrogens (tertiary/aromatic N) is 2. The van der Waals surface area contributed by atoms with Crippen molar-refractivity contribution in [3.05, 3.63) is 88.9 Å². The molecule has 1 aliphatic rings. The molecule has 0 spiro atoms. The SMILES string of the molecule is O=CCCc1cccc2c1OCCC2c1nc(-c2cc(Oc3c(F)c(F)c4[nH]ccc4c3F)ccc2F)n[nH]1. The lowest BCUT2D eigenvalue weighted by Crippen LogP contribution is -2.17. The van der Waals surface area contributed by atoms with Gasteiger partial charge in [0.1, 0.15) is 29.4 Å². The summed E-state index contributed by atoms with van der Waals surface area (Å²) in [4.78, 5) is 17.8. The zero-order valence-electron chi connectivity index (χ0n) is 20.2. The molecule has 11 heteroatoms. The second-order valence-corrected chi connectivity index (χ2v) is 9.06. The number of carbonyl (C=O) groups excluding carboxylic acids is 1. The molecular formula is C28H20F4N4O3. The molecule has 0 radical (unpaired) electrons. The molecule has 2 N–H and O–H groups in total. The Morgan fingerprint density at radius 3 is 2.79 bits per heavy atom. The Morgan fingerprint density at radius 2 is 1.95 bits per heavy atom. The molecule has 1 unspecified atom stereocenters. The van der Waals surface area contributed by atoms with Gasteiger partial charge in [-0.3, -0.25) is 5.10 Å². The fourth-order valence-corrected chi connectivity index (χ4v) is 4.84. The Morgan fingerprint density at radius 1 is 1.08 bits per heavy atom. The number of nitrogens with one attached hydrogen (secondary N) is 2. The zero-order chi connectivity index (χ0) is 27.1. The number of hydrogen-bond donors (Lipinski definition) is 2. The zero-order valence-corrected chi connectivity index (χ0v) is 20.2. The third kappa shape index (κ3) is 4.29. The van der Waals surface area contributed by atoms with Gasteiger partial charge in [-0.25, -0.2) is 18.2 Å². The molecule has 0 fully saturated rings. The number of carbonyl (C=O) groups is 1. The first kappa shape index (κ1) is 24.7. The molecule has 5 aromatic rings. The van der Waals surface area contributed by atoms with E-state index in [9.17, 15) is 22.4 Å². The highest BCUT2D eigenvalue weighted by molar-refractivity contribution is 5.82. The largest absolute Gasteiger partial charge is 0.493 e. The molecule has 6 rings (SSSR count). The number of fused-ring (bicyclic) bond motifs is 2. The number of benzene rings is 3. The van der Waals surface area contributed by atoms with Gasteiger partial charge in [-0.2, -0.15) is 9.49 Å². The number of hydrogen-bond acceptors (Lipinski definition) is 5. The highest BCUT2D eigenvalue weighted by atomic mass is 19.2. The van der Waals surface area contributed by atoms with Crippen molar-refractivity contribution in [1.29, 1.82) is 0 Å². The third-order valence-corrected chi connectivity index (χ3v) is 6.71. The molecule has 1 aliphatic heterocycles. The minimum Gasteiger partial charge on any atom is -0.493 e. The minimum atomic E-state index is -1.51. The van der Waals surface area contributed by atoms with Crippen LogP contribution in [0.4, 0.5) is 17.6 Å². The first-order valence-electron chi connectivity index (χ1n) is 12.2. The summed E-state index contributed by atoms with van der Waals surface area (Å²) in [5.74, 6) is -4.71. The fourth-order valence-electron chi connectivity index (χ4n) is 4.84. The molecule has 0 amide bonds. The lowest BCUT2D eigenvalue weighted by molar-refractivity contribution is -0.107. The Labute approximate surface area is 218 Å². The number of ether oxygens (including phenoxy) is 2. The molecule has 198 valence electrons. The van der Waals surface area contributed by atoms with Gasteiger partial charge >= 0.3 is 0 Å². The molecule has 0 aliphatic carbocycles. The maximum absolute atomic E-state index is 14.9. The van der Waals surface area contributed by atoms with Crippen LogP contribution < -0.4 is 9.47 Å². The van der Waals surface area contributed by atoms with E-state index >= 15 is 0 Å². The Hall–Kier alpha value is -4.67. The van der Waals surface area contributed by atoms with E-state index in [1.165, 1.54) is 24.4 Å². The van der Waals surface area contributed by atoms with Crippen LogP contribution in [0.15, 0.2) is 48.7 Å². The molecule has 0 bridgehead atoms. The highest BCUT2D eigenvalue weighted by Crippen LogP contribution is 2.40. The molecule has 0 saturated heterocycles. The molecule has 7 nitrogen and oxygen atoms in total. The number of para-hydroxylation sites is 1. The van der Waals surface area contributed by atoms with Crippen molar-refractivity contribution >= 4 is 17.2 Å². The summed E-state index contributed by atoms with van der Waals surface area (Å²) in [6, 6.07) is 10.4. The van der Waals surface area contributed by atoms with Gasteiger partial charge in [0, 0.05) is 23.6 Å². The average Bonchev–Trinajstić information content (AvgIpc) is 3.64. The first-order valence-corrected chi connectivity index (χ1v) is 12.2. The number of rotatable bonds is 7. The van der Waals surface area contributed by atoms with Gasteiger partial charge in [0.05, 0.1) is 23.6 Å². The van der Waals surface area contributed by atoms with E-state index in [0.29, 0.717) is 37.4 Å². The van der Waals surface area contributed by atoms with E-state index in [4.69, 9.17) is 9.47 Å². The molecule has 0 saturated carbocycles. The van der Waals surface area contributed by atoms with Crippen molar-refractivity contribution in [2.75, 3.05) is 6.61 Å². The number of H-pyrrole nitrogens is 2. The van der Waals surface area contributed by atoms with Gasteiger partial charge in [0.2, 0.25) is 11.6 Å². The van der Waals surface area contributed by atoms with Crippen LogP contribution in [-0.4, -0.2) is 33.1 Å². The summed E-state index contributed by atoms with van der Waals surface area (Å²) in [7, 11) is 0. The minimum absolute atomic E-state index is 0.00584. The predicted molar refractivity (Wildman–Crippen MR) is 133 cm³/mol. The second kappa shape index (κ2) is 9.90. The maximum atomic E-state index is 14.9. The maximum Gasteiger partial charge on any atom is 0.206 e. The van der Waals surface area contributed by atoms with Crippen LogP contribution in [0.2, 0.25) is 0 Å². The topological polar surface area (TPSA) is 92.9 Å². The fraction of sp³-hybridized carbons (Fsp3) is 0.179. The molecular weight excluding hydrogens is 516 g/mol. The molecule has 3 aromatic carbocycles. The van der Waals surface area contributed by atoms with Gasteiger partial charge in [0.15, 0.2) is 17.5 Å². The number of aromatic nitrogens is 4. The lowest BCUT2D eigenvalue weighted by atomic mass is 9.90. The van der Waals surface area contributed by atoms with Crippen molar-refractivity contribution in [1.82, 2.24) is 20.2 Å². The lowest BCUT2D eigenvalue weighted by Gasteiger charge is -2.26. The van der Waals surface area contributed by atoms with Crippen molar-refractivity contribution in [3.8, 4) is 28.6 Å². The van der Waals surface area contributed by atoms with Crippen molar-refractivity contribution in [3.63, 3.8) is 0 Å². The number of aromatic amines is 2. The van der Waals surface area contributed by atoms with E-state index in [-0.39, 0.29) is 34.0 Å². The summed E-state index contributed by atoms with van der Waals surface area (Å²) in [6.07, 6.45) is 3.64. The normalized spacial score (nSPS) is 14.7. The van der Waals surface area contributed by atoms with Crippen molar-refractivity contribution in [2.24, 2.45) is 0 Å². The van der Waals surface area contributed by atoms with Crippen LogP contribution in [0.3, 0.4) is 0 Å².